The van der Waals surface area contributed by atoms with Crippen LogP contribution in [0.4, 0.5) is 5.69 Å². The number of benzene rings is 1. The van der Waals surface area contributed by atoms with E-state index in [1.54, 1.807) is 0 Å². The van der Waals surface area contributed by atoms with Gasteiger partial charge in [-0.15, -0.1) is 12.3 Å². The van der Waals surface area contributed by atoms with Gasteiger partial charge in [0, 0.05) is 29.1 Å². The lowest BCUT2D eigenvalue weighted by Gasteiger charge is -2.04. The number of ether oxygens (including phenoxy) is 1. The summed E-state index contributed by atoms with van der Waals surface area (Å²) in [6, 6.07) is 4.24. The number of nitrogens with zero attached hydrogens (tertiary/aromatic N) is 1. The maximum Gasteiger partial charge on any atom is 0.269 e. The summed E-state index contributed by atoms with van der Waals surface area (Å²) in [5.74, 6) is 2.43. The molecule has 0 saturated heterocycles. The van der Waals surface area contributed by atoms with Gasteiger partial charge in [-0.1, -0.05) is 11.6 Å². The van der Waals surface area contributed by atoms with Crippen molar-refractivity contribution in [2.24, 2.45) is 0 Å². The van der Waals surface area contributed by atoms with Crippen LogP contribution < -0.4 is 0 Å². The molecule has 0 aliphatic rings. The number of non-ortho nitro benzene ring substituents is 1. The molecule has 0 saturated carbocycles. The molecule has 0 aliphatic heterocycles. The molecule has 4 nitrogen and oxygen atoms in total. The first-order valence-corrected chi connectivity index (χ1v) is 4.97. The van der Waals surface area contributed by atoms with Gasteiger partial charge in [-0.3, -0.25) is 10.1 Å². The summed E-state index contributed by atoms with van der Waals surface area (Å²) in [6.07, 6.45) is 5.56. The molecule has 16 heavy (non-hydrogen) atoms. The number of hydrogen-bond acceptors (Lipinski definition) is 3. The summed E-state index contributed by atoms with van der Waals surface area (Å²) in [5.41, 5.74) is 0.591. The zero-order chi connectivity index (χ0) is 12.0. The van der Waals surface area contributed by atoms with Gasteiger partial charge in [0.15, 0.2) is 0 Å². The van der Waals surface area contributed by atoms with E-state index in [9.17, 15) is 10.1 Å². The van der Waals surface area contributed by atoms with E-state index in [0.717, 1.165) is 0 Å². The molecule has 0 fully saturated rings. The van der Waals surface area contributed by atoms with Crippen molar-refractivity contribution in [1.82, 2.24) is 0 Å². The minimum Gasteiger partial charge on any atom is -0.376 e. The van der Waals surface area contributed by atoms with Crippen molar-refractivity contribution in [1.29, 1.82) is 0 Å². The van der Waals surface area contributed by atoms with Crippen molar-refractivity contribution in [3.05, 3.63) is 38.9 Å². The SMILES string of the molecule is C#CCCOCc1cc([N+](=O)[O-])ccc1Cl. The van der Waals surface area contributed by atoms with Gasteiger partial charge in [0.1, 0.15) is 0 Å². The molecule has 1 aromatic carbocycles. The van der Waals surface area contributed by atoms with E-state index >= 15 is 0 Å². The average Bonchev–Trinajstić information content (AvgIpc) is 2.26. The molecule has 0 aromatic heterocycles. The fraction of sp³-hybridized carbons (Fsp3) is 0.273. The molecule has 1 rings (SSSR count). The van der Waals surface area contributed by atoms with E-state index in [1.807, 2.05) is 0 Å². The second kappa shape index (κ2) is 6.11. The molecule has 0 unspecified atom stereocenters. The third-order valence-electron chi connectivity index (χ3n) is 1.89. The van der Waals surface area contributed by atoms with E-state index in [4.69, 9.17) is 22.8 Å². The Morgan fingerprint density at radius 2 is 2.31 bits per heavy atom. The first-order valence-electron chi connectivity index (χ1n) is 4.59. The van der Waals surface area contributed by atoms with Crippen molar-refractivity contribution in [2.75, 3.05) is 6.61 Å². The Labute approximate surface area is 98.3 Å². The highest BCUT2D eigenvalue weighted by Crippen LogP contribution is 2.22. The van der Waals surface area contributed by atoms with Gasteiger partial charge in [-0.25, -0.2) is 0 Å². The van der Waals surface area contributed by atoms with Crippen LogP contribution in [0, 0.1) is 22.5 Å². The Morgan fingerprint density at radius 3 is 2.94 bits per heavy atom. The topological polar surface area (TPSA) is 52.4 Å². The zero-order valence-corrected chi connectivity index (χ0v) is 9.24. The molecule has 5 heteroatoms. The molecule has 1 aromatic rings. The summed E-state index contributed by atoms with van der Waals surface area (Å²) in [6.45, 7) is 0.637. The summed E-state index contributed by atoms with van der Waals surface area (Å²) < 4.78 is 5.23. The monoisotopic (exact) mass is 239 g/mol. The smallest absolute Gasteiger partial charge is 0.269 e. The van der Waals surface area contributed by atoms with Crippen molar-refractivity contribution >= 4 is 17.3 Å². The van der Waals surface area contributed by atoms with E-state index < -0.39 is 4.92 Å². The number of halogens is 1. The number of hydrogen-bond donors (Lipinski definition) is 0. The highest BCUT2D eigenvalue weighted by molar-refractivity contribution is 6.31. The van der Waals surface area contributed by atoms with Crippen LogP contribution in [0.25, 0.3) is 0 Å². The Hall–Kier alpha value is -1.57. The number of nitro benzene ring substituents is 1. The Balaban J connectivity index is 2.67. The van der Waals surface area contributed by atoms with Gasteiger partial charge in [-0.05, 0) is 6.07 Å². The van der Waals surface area contributed by atoms with Gasteiger partial charge in [0.25, 0.3) is 5.69 Å². The van der Waals surface area contributed by atoms with Crippen LogP contribution in [-0.2, 0) is 11.3 Å². The molecule has 0 spiro atoms. The van der Waals surface area contributed by atoms with E-state index in [1.165, 1.54) is 18.2 Å². The van der Waals surface area contributed by atoms with Gasteiger partial charge < -0.3 is 4.74 Å². The standard InChI is InChI=1S/C11H10ClNO3/c1-2-3-6-16-8-9-7-10(13(14)15)4-5-11(9)12/h1,4-5,7H,3,6,8H2. The second-order valence-corrected chi connectivity index (χ2v) is 3.45. The first kappa shape index (κ1) is 12.5. The fourth-order valence-corrected chi connectivity index (χ4v) is 1.27. The Morgan fingerprint density at radius 1 is 1.56 bits per heavy atom. The molecular formula is C11H10ClNO3. The predicted octanol–water partition coefficient (Wildman–Crippen LogP) is 2.79. The van der Waals surface area contributed by atoms with Crippen LogP contribution in [0.3, 0.4) is 0 Å². The lowest BCUT2D eigenvalue weighted by molar-refractivity contribution is -0.384. The third kappa shape index (κ3) is 3.54. The van der Waals surface area contributed by atoms with Crippen LogP contribution in [-0.4, -0.2) is 11.5 Å². The van der Waals surface area contributed by atoms with Gasteiger partial charge in [-0.2, -0.15) is 0 Å². The molecule has 0 N–H and O–H groups in total. The van der Waals surface area contributed by atoms with Crippen LogP contribution in [0.2, 0.25) is 5.02 Å². The van der Waals surface area contributed by atoms with Crippen molar-refractivity contribution in [3.63, 3.8) is 0 Å². The van der Waals surface area contributed by atoms with Crippen LogP contribution in [0.5, 0.6) is 0 Å². The quantitative estimate of drug-likeness (QED) is 0.344. The number of terminal acetylenes is 1. The van der Waals surface area contributed by atoms with Crippen molar-refractivity contribution in [3.8, 4) is 12.3 Å². The molecular weight excluding hydrogens is 230 g/mol. The third-order valence-corrected chi connectivity index (χ3v) is 2.26. The van der Waals surface area contributed by atoms with Gasteiger partial charge >= 0.3 is 0 Å². The molecule has 0 radical (unpaired) electrons. The molecule has 0 heterocycles. The van der Waals surface area contributed by atoms with Crippen molar-refractivity contribution < 1.29 is 9.66 Å². The summed E-state index contributed by atoms with van der Waals surface area (Å²) in [5, 5.41) is 11.0. The number of nitro groups is 1. The normalized spacial score (nSPS) is 9.75. The maximum absolute atomic E-state index is 10.5. The predicted molar refractivity (Wildman–Crippen MR) is 61.2 cm³/mol. The zero-order valence-electron chi connectivity index (χ0n) is 8.48. The van der Waals surface area contributed by atoms with Crippen LogP contribution in [0.15, 0.2) is 18.2 Å². The summed E-state index contributed by atoms with van der Waals surface area (Å²) >= 11 is 5.87. The summed E-state index contributed by atoms with van der Waals surface area (Å²) in [7, 11) is 0. The highest BCUT2D eigenvalue weighted by Gasteiger charge is 2.09. The molecule has 0 aliphatic carbocycles. The van der Waals surface area contributed by atoms with Crippen molar-refractivity contribution in [2.45, 2.75) is 13.0 Å². The second-order valence-electron chi connectivity index (χ2n) is 3.04. The average molecular weight is 240 g/mol. The van der Waals surface area contributed by atoms with Gasteiger partial charge in [0.2, 0.25) is 0 Å². The summed E-state index contributed by atoms with van der Waals surface area (Å²) in [4.78, 5) is 10.1. The van der Waals surface area contributed by atoms with E-state index in [0.29, 0.717) is 23.6 Å². The Bertz CT molecular complexity index is 426. The highest BCUT2D eigenvalue weighted by atomic mass is 35.5. The number of rotatable bonds is 5. The molecule has 84 valence electrons. The Kier molecular flexibility index (Phi) is 4.77. The van der Waals surface area contributed by atoms with Gasteiger partial charge in [0.05, 0.1) is 18.1 Å². The first-order chi connectivity index (χ1) is 7.65. The lowest BCUT2D eigenvalue weighted by atomic mass is 10.2. The van der Waals surface area contributed by atoms with E-state index in [2.05, 4.69) is 5.92 Å². The minimum absolute atomic E-state index is 0.0000464. The van der Waals surface area contributed by atoms with Crippen LogP contribution >= 0.6 is 11.6 Å². The minimum atomic E-state index is -0.471. The molecule has 0 bridgehead atoms. The molecule has 0 atom stereocenters. The maximum atomic E-state index is 10.5. The van der Waals surface area contributed by atoms with E-state index in [-0.39, 0.29) is 12.3 Å². The largest absolute Gasteiger partial charge is 0.376 e. The van der Waals surface area contributed by atoms with Crippen LogP contribution in [0.1, 0.15) is 12.0 Å². The lowest BCUT2D eigenvalue weighted by Crippen LogP contribution is -1.97. The molecule has 0 amide bonds. The fourth-order valence-electron chi connectivity index (χ4n) is 1.10.